The number of hydrogen-bond acceptors (Lipinski definition) is 6. The molecular formula is C11H17ClN4O3. The SMILES string of the molecule is CN(C)CCOCCNc1nc(Cl)ccc1[N+](=O)[O-]. The molecule has 1 aromatic heterocycles. The summed E-state index contributed by atoms with van der Waals surface area (Å²) < 4.78 is 5.36. The summed E-state index contributed by atoms with van der Waals surface area (Å²) >= 11 is 5.71. The first-order valence-electron chi connectivity index (χ1n) is 5.78. The molecule has 1 N–H and O–H groups in total. The third kappa shape index (κ3) is 5.82. The van der Waals surface area contributed by atoms with E-state index in [-0.39, 0.29) is 16.7 Å². The zero-order valence-electron chi connectivity index (χ0n) is 10.9. The van der Waals surface area contributed by atoms with Gasteiger partial charge in [0.1, 0.15) is 5.15 Å². The topological polar surface area (TPSA) is 80.5 Å². The second-order valence-electron chi connectivity index (χ2n) is 4.10. The van der Waals surface area contributed by atoms with Gasteiger partial charge in [-0.15, -0.1) is 0 Å². The van der Waals surface area contributed by atoms with Gasteiger partial charge in [-0.2, -0.15) is 0 Å². The third-order valence-electron chi connectivity index (χ3n) is 2.26. The molecule has 0 aliphatic rings. The van der Waals surface area contributed by atoms with E-state index in [9.17, 15) is 10.1 Å². The molecule has 0 fully saturated rings. The first kappa shape index (κ1) is 15.6. The molecule has 7 nitrogen and oxygen atoms in total. The van der Waals surface area contributed by atoms with Crippen LogP contribution in [0.3, 0.4) is 0 Å². The van der Waals surface area contributed by atoms with Crippen LogP contribution >= 0.6 is 11.6 Å². The quantitative estimate of drug-likeness (QED) is 0.339. The molecule has 0 spiro atoms. The summed E-state index contributed by atoms with van der Waals surface area (Å²) in [5.41, 5.74) is -0.0994. The van der Waals surface area contributed by atoms with Gasteiger partial charge < -0.3 is 15.0 Å². The second kappa shape index (κ2) is 7.88. The summed E-state index contributed by atoms with van der Waals surface area (Å²) in [4.78, 5) is 16.2. The Morgan fingerprint density at radius 2 is 2.21 bits per heavy atom. The van der Waals surface area contributed by atoms with Crippen molar-refractivity contribution in [2.45, 2.75) is 0 Å². The molecule has 0 aromatic carbocycles. The molecule has 0 atom stereocenters. The van der Waals surface area contributed by atoms with Crippen LogP contribution in [0.15, 0.2) is 12.1 Å². The molecule has 106 valence electrons. The van der Waals surface area contributed by atoms with Crippen LogP contribution in [0, 0.1) is 10.1 Å². The highest BCUT2D eigenvalue weighted by Gasteiger charge is 2.14. The largest absolute Gasteiger partial charge is 0.378 e. The zero-order chi connectivity index (χ0) is 14.3. The van der Waals surface area contributed by atoms with E-state index < -0.39 is 4.92 Å². The van der Waals surface area contributed by atoms with E-state index in [1.165, 1.54) is 12.1 Å². The van der Waals surface area contributed by atoms with Gasteiger partial charge in [0, 0.05) is 19.2 Å². The van der Waals surface area contributed by atoms with Crippen LogP contribution in [-0.2, 0) is 4.74 Å². The van der Waals surface area contributed by atoms with Crippen molar-refractivity contribution in [3.63, 3.8) is 0 Å². The Morgan fingerprint density at radius 1 is 1.47 bits per heavy atom. The lowest BCUT2D eigenvalue weighted by Gasteiger charge is -2.10. The molecule has 0 aliphatic carbocycles. The Labute approximate surface area is 116 Å². The maximum absolute atomic E-state index is 10.8. The first-order chi connectivity index (χ1) is 9.00. The fourth-order valence-corrected chi connectivity index (χ4v) is 1.44. The highest BCUT2D eigenvalue weighted by Crippen LogP contribution is 2.23. The van der Waals surface area contributed by atoms with Gasteiger partial charge in [-0.25, -0.2) is 4.98 Å². The molecule has 0 unspecified atom stereocenters. The Bertz CT molecular complexity index is 428. The standard InChI is InChI=1S/C11H17ClN4O3/c1-15(2)6-8-19-7-5-13-11-9(16(17)18)3-4-10(12)14-11/h3-4H,5-8H2,1-2H3,(H,13,14). The predicted molar refractivity (Wildman–Crippen MR) is 73.8 cm³/mol. The normalized spacial score (nSPS) is 10.7. The predicted octanol–water partition coefficient (Wildman–Crippen LogP) is 1.63. The molecule has 1 heterocycles. The number of nitro groups is 1. The van der Waals surface area contributed by atoms with Crippen molar-refractivity contribution in [2.75, 3.05) is 45.7 Å². The molecular weight excluding hydrogens is 272 g/mol. The van der Waals surface area contributed by atoms with Gasteiger partial charge in [-0.1, -0.05) is 11.6 Å². The minimum Gasteiger partial charge on any atom is -0.378 e. The highest BCUT2D eigenvalue weighted by atomic mass is 35.5. The number of hydrogen-bond donors (Lipinski definition) is 1. The summed E-state index contributed by atoms with van der Waals surface area (Å²) in [6.07, 6.45) is 0. The van der Waals surface area contributed by atoms with Crippen molar-refractivity contribution >= 4 is 23.1 Å². The van der Waals surface area contributed by atoms with E-state index >= 15 is 0 Å². The van der Waals surface area contributed by atoms with E-state index in [0.29, 0.717) is 19.8 Å². The molecule has 1 aromatic rings. The fourth-order valence-electron chi connectivity index (χ4n) is 1.30. The van der Waals surface area contributed by atoms with Gasteiger partial charge in [-0.05, 0) is 20.2 Å². The van der Waals surface area contributed by atoms with Crippen LogP contribution in [0.25, 0.3) is 0 Å². The molecule has 0 radical (unpaired) electrons. The Kier molecular flexibility index (Phi) is 6.48. The number of aromatic nitrogens is 1. The van der Waals surface area contributed by atoms with Crippen molar-refractivity contribution < 1.29 is 9.66 Å². The maximum Gasteiger partial charge on any atom is 0.311 e. The van der Waals surface area contributed by atoms with Crippen molar-refractivity contribution in [1.29, 1.82) is 0 Å². The second-order valence-corrected chi connectivity index (χ2v) is 4.49. The lowest BCUT2D eigenvalue weighted by atomic mass is 10.4. The van der Waals surface area contributed by atoms with Crippen LogP contribution in [0.5, 0.6) is 0 Å². The Balaban J connectivity index is 2.40. The zero-order valence-corrected chi connectivity index (χ0v) is 11.7. The molecule has 0 amide bonds. The van der Waals surface area contributed by atoms with Gasteiger partial charge in [0.05, 0.1) is 18.1 Å². The maximum atomic E-state index is 10.8. The average molecular weight is 289 g/mol. The van der Waals surface area contributed by atoms with Crippen LogP contribution in [-0.4, -0.2) is 55.2 Å². The number of ether oxygens (including phenoxy) is 1. The van der Waals surface area contributed by atoms with Gasteiger partial charge in [0.25, 0.3) is 0 Å². The number of pyridine rings is 1. The minimum absolute atomic E-state index is 0.0994. The summed E-state index contributed by atoms with van der Waals surface area (Å²) in [5.74, 6) is 0.161. The summed E-state index contributed by atoms with van der Waals surface area (Å²) in [6, 6.07) is 2.71. The fraction of sp³-hybridized carbons (Fsp3) is 0.545. The average Bonchev–Trinajstić information content (AvgIpc) is 2.33. The van der Waals surface area contributed by atoms with E-state index in [1.807, 2.05) is 19.0 Å². The molecule has 1 rings (SSSR count). The molecule has 0 saturated carbocycles. The van der Waals surface area contributed by atoms with Gasteiger partial charge in [0.15, 0.2) is 0 Å². The van der Waals surface area contributed by atoms with E-state index in [1.54, 1.807) is 0 Å². The number of rotatable bonds is 8. The van der Waals surface area contributed by atoms with Crippen LogP contribution in [0.1, 0.15) is 0 Å². The summed E-state index contributed by atoms with van der Waals surface area (Å²) in [6.45, 7) is 2.32. The summed E-state index contributed by atoms with van der Waals surface area (Å²) in [5, 5.41) is 13.8. The van der Waals surface area contributed by atoms with E-state index in [2.05, 4.69) is 10.3 Å². The third-order valence-corrected chi connectivity index (χ3v) is 2.47. The molecule has 19 heavy (non-hydrogen) atoms. The van der Waals surface area contributed by atoms with Crippen LogP contribution < -0.4 is 5.32 Å². The number of likely N-dealkylation sites (N-methyl/N-ethyl adjacent to an activating group) is 1. The number of nitrogens with one attached hydrogen (secondary N) is 1. The monoisotopic (exact) mass is 288 g/mol. The lowest BCUT2D eigenvalue weighted by Crippen LogP contribution is -2.20. The minimum atomic E-state index is -0.501. The van der Waals surface area contributed by atoms with Gasteiger partial charge in [-0.3, -0.25) is 10.1 Å². The van der Waals surface area contributed by atoms with Crippen molar-refractivity contribution in [3.05, 3.63) is 27.4 Å². The van der Waals surface area contributed by atoms with E-state index in [4.69, 9.17) is 16.3 Å². The molecule has 0 saturated heterocycles. The highest BCUT2D eigenvalue weighted by molar-refractivity contribution is 6.29. The summed E-state index contributed by atoms with van der Waals surface area (Å²) in [7, 11) is 3.92. The first-order valence-corrected chi connectivity index (χ1v) is 6.16. The van der Waals surface area contributed by atoms with Crippen LogP contribution in [0.4, 0.5) is 11.5 Å². The number of nitrogens with zero attached hydrogens (tertiary/aromatic N) is 3. The Morgan fingerprint density at radius 3 is 2.84 bits per heavy atom. The van der Waals surface area contributed by atoms with Crippen LogP contribution in [0.2, 0.25) is 5.15 Å². The smallest absolute Gasteiger partial charge is 0.311 e. The van der Waals surface area contributed by atoms with Crippen molar-refractivity contribution in [1.82, 2.24) is 9.88 Å². The molecule has 0 aliphatic heterocycles. The van der Waals surface area contributed by atoms with E-state index in [0.717, 1.165) is 6.54 Å². The molecule has 8 heteroatoms. The van der Waals surface area contributed by atoms with Crippen molar-refractivity contribution in [2.24, 2.45) is 0 Å². The lowest BCUT2D eigenvalue weighted by molar-refractivity contribution is -0.384. The number of anilines is 1. The Hall–Kier alpha value is -1.44. The van der Waals surface area contributed by atoms with Crippen molar-refractivity contribution in [3.8, 4) is 0 Å². The van der Waals surface area contributed by atoms with Gasteiger partial charge >= 0.3 is 5.69 Å². The molecule has 0 bridgehead atoms. The number of halogens is 1. The van der Waals surface area contributed by atoms with Gasteiger partial charge in [0.2, 0.25) is 5.82 Å².